The van der Waals surface area contributed by atoms with Gasteiger partial charge in [0.2, 0.25) is 5.91 Å². The second-order valence-electron chi connectivity index (χ2n) is 16.1. The molecule has 3 N–H and O–H groups in total. The third-order valence-corrected chi connectivity index (χ3v) is 10.6. The Labute approximate surface area is 346 Å². The van der Waals surface area contributed by atoms with E-state index in [0.717, 1.165) is 96.3 Å². The maximum Gasteiger partial charge on any atom is 0.306 e. The van der Waals surface area contributed by atoms with Crippen molar-refractivity contribution in [3.63, 3.8) is 0 Å². The van der Waals surface area contributed by atoms with Crippen molar-refractivity contribution < 1.29 is 24.5 Å². The number of allylic oxidation sites excluding steroid dienone is 8. The third kappa shape index (κ3) is 38.7. The molecule has 0 rings (SSSR count). The SMILES string of the molecule is CC/C=C/C/C=C/C/C=C/CCCCCCC(CC(=O)NC(CO)C(O)CCCCCCCCCCC)OC(=O)CCCCC/C=C\CCCCCCCCC. The molecule has 0 radical (unpaired) electrons. The lowest BCUT2D eigenvalue weighted by molar-refractivity contribution is -0.151. The molecule has 326 valence electrons. The molecular formula is C50H91NO5. The molecule has 0 saturated heterocycles. The number of nitrogens with one attached hydrogen (secondary N) is 1. The van der Waals surface area contributed by atoms with Gasteiger partial charge in [-0.2, -0.15) is 0 Å². The van der Waals surface area contributed by atoms with Crippen LogP contribution in [0.25, 0.3) is 0 Å². The molecule has 0 fully saturated rings. The van der Waals surface area contributed by atoms with Crippen LogP contribution in [-0.4, -0.2) is 46.9 Å². The fourth-order valence-corrected chi connectivity index (χ4v) is 7.03. The smallest absolute Gasteiger partial charge is 0.306 e. The van der Waals surface area contributed by atoms with Crippen LogP contribution in [-0.2, 0) is 14.3 Å². The Morgan fingerprint density at radius 2 is 0.964 bits per heavy atom. The van der Waals surface area contributed by atoms with Crippen LogP contribution in [0.1, 0.15) is 233 Å². The summed E-state index contributed by atoms with van der Waals surface area (Å²) in [5.74, 6) is -0.515. The van der Waals surface area contributed by atoms with Crippen LogP contribution in [0.3, 0.4) is 0 Å². The molecule has 0 aromatic carbocycles. The summed E-state index contributed by atoms with van der Waals surface area (Å²) < 4.78 is 5.90. The molecule has 0 spiro atoms. The lowest BCUT2D eigenvalue weighted by Gasteiger charge is -2.24. The van der Waals surface area contributed by atoms with Crippen molar-refractivity contribution in [3.05, 3.63) is 48.6 Å². The number of rotatable bonds is 42. The average molecular weight is 786 g/mol. The van der Waals surface area contributed by atoms with Gasteiger partial charge in [-0.05, 0) is 83.5 Å². The van der Waals surface area contributed by atoms with Gasteiger partial charge in [-0.3, -0.25) is 9.59 Å². The van der Waals surface area contributed by atoms with Crippen LogP contribution >= 0.6 is 0 Å². The summed E-state index contributed by atoms with van der Waals surface area (Å²) in [5.41, 5.74) is 0. The van der Waals surface area contributed by atoms with Crippen molar-refractivity contribution in [2.24, 2.45) is 0 Å². The predicted molar refractivity (Wildman–Crippen MR) is 241 cm³/mol. The Morgan fingerprint density at radius 3 is 1.48 bits per heavy atom. The molecule has 0 bridgehead atoms. The maximum atomic E-state index is 13.1. The summed E-state index contributed by atoms with van der Waals surface area (Å²) in [4.78, 5) is 26.0. The first-order valence-corrected chi connectivity index (χ1v) is 23.9. The molecule has 3 atom stereocenters. The van der Waals surface area contributed by atoms with Crippen molar-refractivity contribution in [1.82, 2.24) is 5.32 Å². The highest BCUT2D eigenvalue weighted by Gasteiger charge is 2.24. The molecule has 0 aromatic rings. The van der Waals surface area contributed by atoms with E-state index in [1.807, 2.05) is 0 Å². The minimum absolute atomic E-state index is 0.0566. The number of carbonyl (C=O) groups is 2. The Balaban J connectivity index is 4.66. The van der Waals surface area contributed by atoms with E-state index in [-0.39, 0.29) is 24.9 Å². The largest absolute Gasteiger partial charge is 0.462 e. The van der Waals surface area contributed by atoms with E-state index in [1.165, 1.54) is 89.9 Å². The molecule has 3 unspecified atom stereocenters. The Morgan fingerprint density at radius 1 is 0.536 bits per heavy atom. The van der Waals surface area contributed by atoms with Crippen molar-refractivity contribution >= 4 is 11.9 Å². The van der Waals surface area contributed by atoms with Gasteiger partial charge in [0.25, 0.3) is 0 Å². The molecule has 0 aromatic heterocycles. The molecule has 1 amide bonds. The van der Waals surface area contributed by atoms with Crippen LogP contribution in [0.15, 0.2) is 48.6 Å². The van der Waals surface area contributed by atoms with Gasteiger partial charge in [0, 0.05) is 6.42 Å². The first kappa shape index (κ1) is 53.8. The summed E-state index contributed by atoms with van der Waals surface area (Å²) in [5, 5.41) is 23.6. The van der Waals surface area contributed by atoms with E-state index in [0.29, 0.717) is 19.3 Å². The zero-order valence-corrected chi connectivity index (χ0v) is 37.0. The van der Waals surface area contributed by atoms with Crippen molar-refractivity contribution in [2.75, 3.05) is 6.61 Å². The highest BCUT2D eigenvalue weighted by atomic mass is 16.5. The molecular weight excluding hydrogens is 695 g/mol. The number of hydrogen-bond donors (Lipinski definition) is 3. The Hall–Kier alpha value is -2.18. The number of amides is 1. The van der Waals surface area contributed by atoms with E-state index < -0.39 is 18.2 Å². The van der Waals surface area contributed by atoms with E-state index >= 15 is 0 Å². The highest BCUT2D eigenvalue weighted by Crippen LogP contribution is 2.17. The molecule has 6 heteroatoms. The third-order valence-electron chi connectivity index (χ3n) is 10.6. The minimum atomic E-state index is -0.794. The van der Waals surface area contributed by atoms with Crippen LogP contribution in [0, 0.1) is 0 Å². The van der Waals surface area contributed by atoms with Gasteiger partial charge < -0.3 is 20.3 Å². The quantitative estimate of drug-likeness (QED) is 0.0325. The minimum Gasteiger partial charge on any atom is -0.462 e. The zero-order chi connectivity index (χ0) is 41.0. The monoisotopic (exact) mass is 786 g/mol. The molecule has 0 saturated carbocycles. The van der Waals surface area contributed by atoms with Crippen molar-refractivity contribution in [1.29, 1.82) is 0 Å². The lowest BCUT2D eigenvalue weighted by atomic mass is 10.0. The first-order valence-electron chi connectivity index (χ1n) is 23.9. The summed E-state index contributed by atoms with van der Waals surface area (Å²) in [7, 11) is 0. The number of aliphatic hydroxyl groups is 2. The molecule has 0 aliphatic rings. The molecule has 0 heterocycles. The summed E-state index contributed by atoms with van der Waals surface area (Å²) >= 11 is 0. The van der Waals surface area contributed by atoms with Gasteiger partial charge >= 0.3 is 5.97 Å². The Kier molecular flexibility index (Phi) is 42.2. The van der Waals surface area contributed by atoms with E-state index in [1.54, 1.807) is 0 Å². The standard InChI is InChI=1S/C50H91NO5/c1-4-7-10-13-16-19-21-23-25-27-30-32-35-38-41-46(56-50(55)43-40-37-34-31-28-26-24-22-20-17-14-11-8-5-2)44-49(54)51-47(45-52)48(53)42-39-36-33-29-18-15-12-9-6-3/h7,10,16,19,23,25-26,28,46-48,52-53H,4-6,8-9,11-15,17-18,20-22,24,27,29-45H2,1-3H3,(H,51,54)/b10-7+,19-16+,25-23+,28-26-. The number of carbonyl (C=O) groups excluding carboxylic acids is 2. The van der Waals surface area contributed by atoms with Crippen LogP contribution in [0.2, 0.25) is 0 Å². The van der Waals surface area contributed by atoms with Gasteiger partial charge in [-0.1, -0.05) is 185 Å². The average Bonchev–Trinajstić information content (AvgIpc) is 3.19. The van der Waals surface area contributed by atoms with Crippen molar-refractivity contribution in [3.8, 4) is 0 Å². The van der Waals surface area contributed by atoms with Gasteiger partial charge in [0.15, 0.2) is 0 Å². The van der Waals surface area contributed by atoms with E-state index in [2.05, 4.69) is 74.7 Å². The van der Waals surface area contributed by atoms with E-state index in [9.17, 15) is 19.8 Å². The number of unbranched alkanes of at least 4 members (excludes halogenated alkanes) is 22. The number of hydrogen-bond acceptors (Lipinski definition) is 5. The zero-order valence-electron chi connectivity index (χ0n) is 37.0. The first-order chi connectivity index (χ1) is 27.5. The number of ether oxygens (including phenoxy) is 1. The molecule has 0 aliphatic carbocycles. The van der Waals surface area contributed by atoms with E-state index in [4.69, 9.17) is 4.74 Å². The fraction of sp³-hybridized carbons (Fsp3) is 0.800. The second kappa shape index (κ2) is 43.9. The lowest BCUT2D eigenvalue weighted by Crippen LogP contribution is -2.46. The fourth-order valence-electron chi connectivity index (χ4n) is 7.03. The molecule has 6 nitrogen and oxygen atoms in total. The molecule has 56 heavy (non-hydrogen) atoms. The highest BCUT2D eigenvalue weighted by molar-refractivity contribution is 5.77. The van der Waals surface area contributed by atoms with Gasteiger partial charge in [-0.15, -0.1) is 0 Å². The second-order valence-corrected chi connectivity index (χ2v) is 16.1. The molecule has 0 aliphatic heterocycles. The van der Waals surface area contributed by atoms with Crippen LogP contribution in [0.4, 0.5) is 0 Å². The van der Waals surface area contributed by atoms with Crippen molar-refractivity contribution in [2.45, 2.75) is 251 Å². The summed E-state index contributed by atoms with van der Waals surface area (Å²) in [6.07, 6.45) is 51.7. The number of esters is 1. The van der Waals surface area contributed by atoms with Gasteiger partial charge in [0.1, 0.15) is 6.10 Å². The van der Waals surface area contributed by atoms with Gasteiger partial charge in [0.05, 0.1) is 25.2 Å². The summed E-state index contributed by atoms with van der Waals surface area (Å²) in [6.45, 7) is 6.33. The number of aliphatic hydroxyl groups excluding tert-OH is 2. The normalized spacial score (nSPS) is 13.7. The topological polar surface area (TPSA) is 95.9 Å². The predicted octanol–water partition coefficient (Wildman–Crippen LogP) is 13.9. The summed E-state index contributed by atoms with van der Waals surface area (Å²) in [6, 6.07) is -0.709. The van der Waals surface area contributed by atoms with Gasteiger partial charge in [-0.25, -0.2) is 0 Å². The van der Waals surface area contributed by atoms with Crippen LogP contribution < -0.4 is 5.32 Å². The van der Waals surface area contributed by atoms with Crippen LogP contribution in [0.5, 0.6) is 0 Å². The maximum absolute atomic E-state index is 13.1. The Bertz CT molecular complexity index is 972.